The van der Waals surface area contributed by atoms with Gasteiger partial charge < -0.3 is 20.4 Å². The van der Waals surface area contributed by atoms with Gasteiger partial charge >= 0.3 is 11.9 Å². The minimum absolute atomic E-state index is 0.231. The first kappa shape index (κ1) is 23.1. The first-order valence-corrected chi connectivity index (χ1v) is 7.59. The minimum Gasteiger partial charge on any atom is -0.481 e. The van der Waals surface area contributed by atoms with Crippen molar-refractivity contribution >= 4 is 11.9 Å². The summed E-state index contributed by atoms with van der Waals surface area (Å²) in [6.45, 7) is 12.3. The van der Waals surface area contributed by atoms with E-state index in [-0.39, 0.29) is 23.4 Å². The molecule has 2 atom stereocenters. The Labute approximate surface area is 133 Å². The predicted octanol–water partition coefficient (Wildman–Crippen LogP) is 2.37. The summed E-state index contributed by atoms with van der Waals surface area (Å²) < 4.78 is 0. The van der Waals surface area contributed by atoms with Crippen LogP contribution in [0.4, 0.5) is 0 Å². The van der Waals surface area contributed by atoms with Crippen LogP contribution in [0.25, 0.3) is 0 Å². The van der Waals surface area contributed by atoms with Gasteiger partial charge in [-0.25, -0.2) is 0 Å². The molecule has 22 heavy (non-hydrogen) atoms. The second-order valence-electron chi connectivity index (χ2n) is 6.81. The van der Waals surface area contributed by atoms with Crippen molar-refractivity contribution < 1.29 is 30.0 Å². The maximum Gasteiger partial charge on any atom is 0.305 e. The Bertz CT molecular complexity index is 341. The Morgan fingerprint density at radius 1 is 1.05 bits per heavy atom. The van der Waals surface area contributed by atoms with E-state index in [4.69, 9.17) is 10.2 Å². The van der Waals surface area contributed by atoms with Crippen molar-refractivity contribution in [3.05, 3.63) is 0 Å². The van der Waals surface area contributed by atoms with E-state index in [0.717, 1.165) is 6.42 Å². The summed E-state index contributed by atoms with van der Waals surface area (Å²) in [6.07, 6.45) is 0.950. The molecule has 0 spiro atoms. The van der Waals surface area contributed by atoms with Crippen LogP contribution in [0.15, 0.2) is 0 Å². The van der Waals surface area contributed by atoms with Crippen LogP contribution in [-0.4, -0.2) is 44.1 Å². The van der Waals surface area contributed by atoms with E-state index < -0.39 is 17.5 Å². The highest BCUT2D eigenvalue weighted by atomic mass is 16.4. The zero-order valence-electron chi connectivity index (χ0n) is 14.8. The molecule has 0 aromatic rings. The van der Waals surface area contributed by atoms with Gasteiger partial charge in [-0.05, 0) is 6.42 Å². The van der Waals surface area contributed by atoms with Crippen LogP contribution >= 0.6 is 0 Å². The molecule has 0 heterocycles. The van der Waals surface area contributed by atoms with Gasteiger partial charge in [0.25, 0.3) is 0 Å². The highest BCUT2D eigenvalue weighted by Crippen LogP contribution is 2.51. The summed E-state index contributed by atoms with van der Waals surface area (Å²) >= 11 is 0. The average molecular weight is 320 g/mol. The number of carboxylic acid groups (broad SMARTS) is 2. The average Bonchev–Trinajstić information content (AvgIpc) is 2.39. The van der Waals surface area contributed by atoms with Gasteiger partial charge in [-0.15, -0.1) is 0 Å². The van der Waals surface area contributed by atoms with Crippen molar-refractivity contribution in [3.8, 4) is 0 Å². The maximum atomic E-state index is 9.76. The molecule has 0 saturated heterocycles. The predicted molar refractivity (Wildman–Crippen MR) is 84.6 cm³/mol. The number of aliphatic carboxylic acids is 2. The third-order valence-corrected chi connectivity index (χ3v) is 4.14. The highest BCUT2D eigenvalue weighted by Gasteiger charge is 2.57. The highest BCUT2D eigenvalue weighted by molar-refractivity contribution is 5.69. The van der Waals surface area contributed by atoms with E-state index in [1.807, 2.05) is 20.8 Å². The lowest BCUT2D eigenvalue weighted by molar-refractivity contribution is -0.226. The maximum absolute atomic E-state index is 9.76. The largest absolute Gasteiger partial charge is 0.481 e. The third kappa shape index (κ3) is 6.75. The van der Waals surface area contributed by atoms with Gasteiger partial charge in [0.2, 0.25) is 0 Å². The molecule has 1 aliphatic rings. The van der Waals surface area contributed by atoms with E-state index in [2.05, 4.69) is 0 Å². The molecule has 0 aromatic heterocycles. The molecule has 6 nitrogen and oxygen atoms in total. The van der Waals surface area contributed by atoms with Crippen molar-refractivity contribution in [1.82, 2.24) is 0 Å². The molecule has 1 fully saturated rings. The number of rotatable bonds is 3. The number of hydrogen-bond acceptors (Lipinski definition) is 4. The fourth-order valence-corrected chi connectivity index (χ4v) is 1.62. The molecule has 6 heteroatoms. The van der Waals surface area contributed by atoms with Crippen LogP contribution < -0.4 is 0 Å². The summed E-state index contributed by atoms with van der Waals surface area (Å²) in [5, 5.41) is 35.0. The molecular formula is C16H32O6. The lowest BCUT2D eigenvalue weighted by atomic mass is 9.55. The number of aliphatic hydroxyl groups is 2. The number of carbonyl (C=O) groups is 2. The van der Waals surface area contributed by atoms with Crippen molar-refractivity contribution in [2.45, 2.75) is 73.0 Å². The van der Waals surface area contributed by atoms with E-state index in [1.165, 1.54) is 0 Å². The zero-order valence-corrected chi connectivity index (χ0v) is 14.8. The number of aliphatic hydroxyl groups excluding tert-OH is 1. The van der Waals surface area contributed by atoms with Gasteiger partial charge in [-0.1, -0.05) is 48.5 Å². The molecular weight excluding hydrogens is 288 g/mol. The van der Waals surface area contributed by atoms with Gasteiger partial charge in [0.05, 0.1) is 23.5 Å². The Hall–Kier alpha value is -1.14. The van der Waals surface area contributed by atoms with Crippen LogP contribution in [-0.2, 0) is 9.59 Å². The van der Waals surface area contributed by atoms with E-state index in [1.54, 1.807) is 27.7 Å². The lowest BCUT2D eigenvalue weighted by Crippen LogP contribution is -2.63. The Kier molecular flexibility index (Phi) is 9.57. The summed E-state index contributed by atoms with van der Waals surface area (Å²) in [6, 6.07) is 0. The van der Waals surface area contributed by atoms with Crippen LogP contribution in [0.2, 0.25) is 0 Å². The molecule has 1 saturated carbocycles. The van der Waals surface area contributed by atoms with Crippen LogP contribution in [0.3, 0.4) is 0 Å². The fourth-order valence-electron chi connectivity index (χ4n) is 1.62. The van der Waals surface area contributed by atoms with E-state index >= 15 is 0 Å². The summed E-state index contributed by atoms with van der Waals surface area (Å²) in [5.74, 6) is -1.94. The third-order valence-electron chi connectivity index (χ3n) is 4.14. The van der Waals surface area contributed by atoms with Gasteiger partial charge in [-0.3, -0.25) is 9.59 Å². The van der Waals surface area contributed by atoms with Crippen molar-refractivity contribution in [1.29, 1.82) is 0 Å². The molecule has 0 aromatic carbocycles. The zero-order chi connectivity index (χ0) is 18.3. The smallest absolute Gasteiger partial charge is 0.305 e. The van der Waals surface area contributed by atoms with Gasteiger partial charge in [0.15, 0.2) is 0 Å². The number of hydrogen-bond donors (Lipinski definition) is 4. The molecule has 1 aliphatic carbocycles. The standard InChI is InChI=1S/C8H16O2.2C4H8O2/c1-4-8(10)5-6(9)7(8,2)3;2*1-3(2)4(5)6/h6,9-10H,4-5H2,1-3H3;2*3H,1-2H3,(H,5,6). The summed E-state index contributed by atoms with van der Waals surface area (Å²) in [5.41, 5.74) is -0.922. The quantitative estimate of drug-likeness (QED) is 0.634. The molecule has 1 rings (SSSR count). The lowest BCUT2D eigenvalue weighted by Gasteiger charge is -2.56. The van der Waals surface area contributed by atoms with Gasteiger partial charge in [-0.2, -0.15) is 0 Å². The van der Waals surface area contributed by atoms with E-state index in [0.29, 0.717) is 6.42 Å². The first-order valence-electron chi connectivity index (χ1n) is 7.59. The summed E-state index contributed by atoms with van der Waals surface area (Å²) in [4.78, 5) is 19.4. The van der Waals surface area contributed by atoms with E-state index in [9.17, 15) is 19.8 Å². The normalized spacial score (nSPS) is 25.3. The first-order chi connectivity index (χ1) is 9.72. The molecule has 0 amide bonds. The molecule has 4 N–H and O–H groups in total. The van der Waals surface area contributed by atoms with Crippen molar-refractivity contribution in [2.24, 2.45) is 17.3 Å². The molecule has 0 bridgehead atoms. The Balaban J connectivity index is 0. The van der Waals surface area contributed by atoms with Crippen LogP contribution in [0, 0.1) is 17.3 Å². The van der Waals surface area contributed by atoms with Crippen LogP contribution in [0.1, 0.15) is 61.3 Å². The molecule has 0 radical (unpaired) electrons. The monoisotopic (exact) mass is 320 g/mol. The second-order valence-corrected chi connectivity index (χ2v) is 6.81. The molecule has 0 aliphatic heterocycles. The Morgan fingerprint density at radius 2 is 1.32 bits per heavy atom. The summed E-state index contributed by atoms with van der Waals surface area (Å²) in [7, 11) is 0. The molecule has 2 unspecified atom stereocenters. The van der Waals surface area contributed by atoms with Gasteiger partial charge in [0.1, 0.15) is 0 Å². The number of carboxylic acids is 2. The Morgan fingerprint density at radius 3 is 1.36 bits per heavy atom. The van der Waals surface area contributed by atoms with Crippen molar-refractivity contribution in [2.75, 3.05) is 0 Å². The second kappa shape index (κ2) is 9.10. The topological polar surface area (TPSA) is 115 Å². The molecule has 132 valence electrons. The van der Waals surface area contributed by atoms with Crippen molar-refractivity contribution in [3.63, 3.8) is 0 Å². The fraction of sp³-hybridized carbons (Fsp3) is 0.875. The van der Waals surface area contributed by atoms with Crippen LogP contribution in [0.5, 0.6) is 0 Å². The van der Waals surface area contributed by atoms with Gasteiger partial charge in [0, 0.05) is 11.8 Å². The minimum atomic E-state index is -0.741. The SMILES string of the molecule is CC(C)C(=O)O.CC(C)C(=O)O.CCC1(O)CC(O)C1(C)C.